The largest absolute Gasteiger partial charge is 0.356 e. The number of sulfonamides is 1. The molecule has 0 aliphatic carbocycles. The molecule has 0 radical (unpaired) electrons. The van der Waals surface area contributed by atoms with Crippen LogP contribution in [0.2, 0.25) is 5.02 Å². The van der Waals surface area contributed by atoms with E-state index in [1.807, 2.05) is 23.1 Å². The highest BCUT2D eigenvalue weighted by Gasteiger charge is 2.29. The van der Waals surface area contributed by atoms with E-state index in [9.17, 15) is 8.42 Å². The Balaban J connectivity index is 1.58. The van der Waals surface area contributed by atoms with E-state index in [4.69, 9.17) is 23.8 Å². The zero-order valence-electron chi connectivity index (χ0n) is 15.0. The molecule has 0 bridgehead atoms. The zero-order chi connectivity index (χ0) is 19.4. The molecule has 0 aromatic heterocycles. The van der Waals surface area contributed by atoms with E-state index >= 15 is 0 Å². The molecule has 3 rings (SSSR count). The first-order valence-electron chi connectivity index (χ1n) is 8.74. The number of hydrogen-bond acceptors (Lipinski definition) is 3. The molecule has 2 aromatic carbocycles. The predicted octanol–water partition coefficient (Wildman–Crippen LogP) is 3.28. The number of thiocarbonyl (C=S) groups is 1. The molecular weight excluding hydrogens is 402 g/mol. The fourth-order valence-electron chi connectivity index (χ4n) is 2.99. The van der Waals surface area contributed by atoms with Crippen molar-refractivity contribution in [2.24, 2.45) is 0 Å². The monoisotopic (exact) mass is 423 g/mol. The summed E-state index contributed by atoms with van der Waals surface area (Å²) < 4.78 is 27.0. The molecule has 1 atom stereocenters. The fraction of sp³-hybridized carbons (Fsp3) is 0.316. The highest BCUT2D eigenvalue weighted by Crippen LogP contribution is 2.20. The van der Waals surface area contributed by atoms with Gasteiger partial charge in [-0.1, -0.05) is 41.9 Å². The predicted molar refractivity (Wildman–Crippen MR) is 112 cm³/mol. The summed E-state index contributed by atoms with van der Waals surface area (Å²) >= 11 is 11.4. The van der Waals surface area contributed by atoms with Crippen molar-refractivity contribution >= 4 is 39.0 Å². The standard InChI is InChI=1S/C19H22ClN3O2S2/c1-15(16-5-3-2-4-6-16)21-19(26)22-11-13-23(14-12-22)27(24,25)18-9-7-17(20)8-10-18/h2-10,15H,11-14H2,1H3,(H,21,26). The lowest BCUT2D eigenvalue weighted by Crippen LogP contribution is -2.53. The van der Waals surface area contributed by atoms with Crippen LogP contribution in [0.1, 0.15) is 18.5 Å². The van der Waals surface area contributed by atoms with Gasteiger partial charge >= 0.3 is 0 Å². The fourth-order valence-corrected chi connectivity index (χ4v) is 4.90. The van der Waals surface area contributed by atoms with Crippen molar-refractivity contribution < 1.29 is 8.42 Å². The van der Waals surface area contributed by atoms with E-state index in [2.05, 4.69) is 24.4 Å². The van der Waals surface area contributed by atoms with E-state index in [1.54, 1.807) is 12.1 Å². The Morgan fingerprint density at radius 1 is 1.04 bits per heavy atom. The summed E-state index contributed by atoms with van der Waals surface area (Å²) in [6.45, 7) is 3.96. The minimum absolute atomic E-state index is 0.0922. The zero-order valence-corrected chi connectivity index (χ0v) is 17.4. The van der Waals surface area contributed by atoms with Gasteiger partial charge in [0.2, 0.25) is 10.0 Å². The molecule has 2 aromatic rings. The lowest BCUT2D eigenvalue weighted by Gasteiger charge is -2.36. The van der Waals surface area contributed by atoms with Gasteiger partial charge in [-0.3, -0.25) is 0 Å². The van der Waals surface area contributed by atoms with Crippen molar-refractivity contribution in [1.29, 1.82) is 0 Å². The van der Waals surface area contributed by atoms with Crippen LogP contribution in [0.25, 0.3) is 0 Å². The molecule has 0 spiro atoms. The van der Waals surface area contributed by atoms with Crippen LogP contribution in [-0.4, -0.2) is 48.9 Å². The van der Waals surface area contributed by atoms with Crippen molar-refractivity contribution in [2.45, 2.75) is 17.9 Å². The number of nitrogens with one attached hydrogen (secondary N) is 1. The smallest absolute Gasteiger partial charge is 0.243 e. The molecule has 1 heterocycles. The minimum Gasteiger partial charge on any atom is -0.356 e. The van der Waals surface area contributed by atoms with Gasteiger partial charge in [0.25, 0.3) is 0 Å². The average molecular weight is 424 g/mol. The lowest BCUT2D eigenvalue weighted by atomic mass is 10.1. The summed E-state index contributed by atoms with van der Waals surface area (Å²) in [5.74, 6) is 0. The number of rotatable bonds is 4. The van der Waals surface area contributed by atoms with Gasteiger partial charge in [-0.25, -0.2) is 8.42 Å². The maximum absolute atomic E-state index is 12.8. The molecule has 1 unspecified atom stereocenters. The van der Waals surface area contributed by atoms with Crippen molar-refractivity contribution in [1.82, 2.24) is 14.5 Å². The molecule has 0 amide bonds. The van der Waals surface area contributed by atoms with Crippen LogP contribution in [0.3, 0.4) is 0 Å². The summed E-state index contributed by atoms with van der Waals surface area (Å²) in [5, 5.41) is 4.50. The third kappa shape index (κ3) is 4.79. The van der Waals surface area contributed by atoms with E-state index < -0.39 is 10.0 Å². The Morgan fingerprint density at radius 3 is 2.22 bits per heavy atom. The van der Waals surface area contributed by atoms with Gasteiger partial charge < -0.3 is 10.2 Å². The van der Waals surface area contributed by atoms with Gasteiger partial charge in [0.1, 0.15) is 0 Å². The molecular formula is C19H22ClN3O2S2. The van der Waals surface area contributed by atoms with Crippen molar-refractivity contribution in [3.63, 3.8) is 0 Å². The first-order chi connectivity index (χ1) is 12.9. The number of benzene rings is 2. The maximum Gasteiger partial charge on any atom is 0.243 e. The van der Waals surface area contributed by atoms with Crippen LogP contribution in [0.15, 0.2) is 59.5 Å². The van der Waals surface area contributed by atoms with E-state index in [1.165, 1.54) is 16.4 Å². The highest BCUT2D eigenvalue weighted by atomic mass is 35.5. The Morgan fingerprint density at radius 2 is 1.63 bits per heavy atom. The van der Waals surface area contributed by atoms with Gasteiger partial charge in [0.15, 0.2) is 5.11 Å². The van der Waals surface area contributed by atoms with Crippen LogP contribution in [-0.2, 0) is 10.0 Å². The van der Waals surface area contributed by atoms with Gasteiger partial charge in [0, 0.05) is 31.2 Å². The van der Waals surface area contributed by atoms with Crippen LogP contribution >= 0.6 is 23.8 Å². The first kappa shape index (κ1) is 20.1. The number of piperazine rings is 1. The molecule has 1 saturated heterocycles. The summed E-state index contributed by atoms with van der Waals surface area (Å²) in [7, 11) is -3.51. The van der Waals surface area contributed by atoms with Crippen LogP contribution in [0, 0.1) is 0 Å². The minimum atomic E-state index is -3.51. The summed E-state index contributed by atoms with van der Waals surface area (Å²) in [5.41, 5.74) is 1.16. The van der Waals surface area contributed by atoms with Gasteiger partial charge in [-0.2, -0.15) is 4.31 Å². The topological polar surface area (TPSA) is 52.6 Å². The van der Waals surface area contributed by atoms with E-state index in [0.717, 1.165) is 5.56 Å². The molecule has 5 nitrogen and oxygen atoms in total. The number of nitrogens with zero attached hydrogens (tertiary/aromatic N) is 2. The Hall–Kier alpha value is -1.67. The SMILES string of the molecule is CC(NC(=S)N1CCN(S(=O)(=O)c2ccc(Cl)cc2)CC1)c1ccccc1. The second-order valence-corrected chi connectivity index (χ2v) is 9.19. The third-order valence-electron chi connectivity index (χ3n) is 4.62. The van der Waals surface area contributed by atoms with E-state index in [-0.39, 0.29) is 10.9 Å². The van der Waals surface area contributed by atoms with Gasteiger partial charge in [-0.05, 0) is 49.0 Å². The molecule has 1 aliphatic rings. The molecule has 144 valence electrons. The molecule has 8 heteroatoms. The van der Waals surface area contributed by atoms with Crippen LogP contribution in [0.4, 0.5) is 0 Å². The van der Waals surface area contributed by atoms with Crippen LogP contribution < -0.4 is 5.32 Å². The molecule has 1 aliphatic heterocycles. The highest BCUT2D eigenvalue weighted by molar-refractivity contribution is 7.89. The first-order valence-corrected chi connectivity index (χ1v) is 11.0. The lowest BCUT2D eigenvalue weighted by molar-refractivity contribution is 0.262. The summed E-state index contributed by atoms with van der Waals surface area (Å²) in [4.78, 5) is 2.28. The van der Waals surface area contributed by atoms with Gasteiger partial charge in [-0.15, -0.1) is 0 Å². The molecule has 0 saturated carbocycles. The molecule has 27 heavy (non-hydrogen) atoms. The Labute approximate surface area is 171 Å². The normalized spacial score (nSPS) is 16.7. The summed E-state index contributed by atoms with van der Waals surface area (Å²) in [6.07, 6.45) is 0. The Bertz CT molecular complexity index is 881. The summed E-state index contributed by atoms with van der Waals surface area (Å²) in [6, 6.07) is 16.4. The molecule has 1 fully saturated rings. The number of hydrogen-bond donors (Lipinski definition) is 1. The van der Waals surface area contributed by atoms with Crippen molar-refractivity contribution in [2.75, 3.05) is 26.2 Å². The second-order valence-electron chi connectivity index (χ2n) is 6.43. The van der Waals surface area contributed by atoms with E-state index in [0.29, 0.717) is 36.3 Å². The third-order valence-corrected chi connectivity index (χ3v) is 7.16. The molecule has 1 N–H and O–H groups in total. The van der Waals surface area contributed by atoms with Crippen molar-refractivity contribution in [3.8, 4) is 0 Å². The Kier molecular flexibility index (Phi) is 6.37. The maximum atomic E-state index is 12.8. The number of halogens is 1. The van der Waals surface area contributed by atoms with Crippen molar-refractivity contribution in [3.05, 3.63) is 65.2 Å². The van der Waals surface area contributed by atoms with Crippen LogP contribution in [0.5, 0.6) is 0 Å². The quantitative estimate of drug-likeness (QED) is 0.765. The average Bonchev–Trinajstić information content (AvgIpc) is 2.69. The van der Waals surface area contributed by atoms with Gasteiger partial charge in [0.05, 0.1) is 10.9 Å². The second kappa shape index (κ2) is 8.56.